The number of benzene rings is 2. The standard InChI is InChI=1S/C29H35FN2O4S/c1-6-7-17-32(37(5,34)35)27(20(2)3)25(21-11-9-8-10-12-21)18-23-19-36-28(26(23)29(33)31-4)22-13-15-24(30)16-14-22/h6-16,18,20,29,31,33H,17,19H2,1-5H3. The topological polar surface area (TPSA) is 78.9 Å². The van der Waals surface area contributed by atoms with Gasteiger partial charge in [-0.25, -0.2) is 12.8 Å². The summed E-state index contributed by atoms with van der Waals surface area (Å²) in [5.74, 6) is -0.0697. The molecular weight excluding hydrogens is 491 g/mol. The predicted octanol–water partition coefficient (Wildman–Crippen LogP) is 4.94. The van der Waals surface area contributed by atoms with Crippen LogP contribution >= 0.6 is 0 Å². The minimum absolute atomic E-state index is 0.146. The molecule has 0 saturated heterocycles. The van der Waals surface area contributed by atoms with Gasteiger partial charge >= 0.3 is 0 Å². The van der Waals surface area contributed by atoms with Crippen molar-refractivity contribution in [3.05, 3.63) is 107 Å². The van der Waals surface area contributed by atoms with Crippen LogP contribution in [0.25, 0.3) is 11.3 Å². The fourth-order valence-corrected chi connectivity index (χ4v) is 5.32. The molecule has 2 N–H and O–H groups in total. The molecule has 1 aliphatic heterocycles. The van der Waals surface area contributed by atoms with Crippen molar-refractivity contribution in [2.75, 3.05) is 26.5 Å². The normalized spacial score (nSPS) is 16.9. The van der Waals surface area contributed by atoms with Crippen LogP contribution in [-0.4, -0.2) is 50.5 Å². The Morgan fingerprint density at radius 2 is 1.81 bits per heavy atom. The average Bonchev–Trinajstić information content (AvgIpc) is 3.28. The van der Waals surface area contributed by atoms with E-state index in [1.807, 2.05) is 63.3 Å². The Kier molecular flexibility index (Phi) is 9.48. The van der Waals surface area contributed by atoms with E-state index in [1.54, 1.807) is 25.3 Å². The molecule has 8 heteroatoms. The molecule has 0 fully saturated rings. The van der Waals surface area contributed by atoms with Crippen molar-refractivity contribution in [3.8, 4) is 0 Å². The van der Waals surface area contributed by atoms with Crippen LogP contribution in [-0.2, 0) is 14.8 Å². The second-order valence-electron chi connectivity index (χ2n) is 9.08. The fourth-order valence-electron chi connectivity index (χ4n) is 4.30. The summed E-state index contributed by atoms with van der Waals surface area (Å²) < 4.78 is 46.9. The van der Waals surface area contributed by atoms with Gasteiger partial charge in [-0.2, -0.15) is 0 Å². The second-order valence-corrected chi connectivity index (χ2v) is 11.0. The number of hydrogen-bond donors (Lipinski definition) is 2. The predicted molar refractivity (Wildman–Crippen MR) is 147 cm³/mol. The highest BCUT2D eigenvalue weighted by molar-refractivity contribution is 7.88. The first-order valence-corrected chi connectivity index (χ1v) is 14.0. The minimum Gasteiger partial charge on any atom is -0.488 e. The van der Waals surface area contributed by atoms with Gasteiger partial charge in [0.1, 0.15) is 24.4 Å². The van der Waals surface area contributed by atoms with Crippen LogP contribution < -0.4 is 5.32 Å². The van der Waals surface area contributed by atoms with Crippen LogP contribution in [0.1, 0.15) is 31.9 Å². The van der Waals surface area contributed by atoms with Crippen LogP contribution in [0.5, 0.6) is 0 Å². The molecule has 37 heavy (non-hydrogen) atoms. The Bertz CT molecular complexity index is 1310. The highest BCUT2D eigenvalue weighted by Crippen LogP contribution is 2.38. The maximum absolute atomic E-state index is 13.6. The van der Waals surface area contributed by atoms with Gasteiger partial charge in [0.05, 0.1) is 12.8 Å². The van der Waals surface area contributed by atoms with E-state index in [4.69, 9.17) is 4.74 Å². The molecule has 3 rings (SSSR count). The summed E-state index contributed by atoms with van der Waals surface area (Å²) in [6.45, 7) is 6.12. The summed E-state index contributed by atoms with van der Waals surface area (Å²) in [5.41, 5.74) is 4.02. The summed E-state index contributed by atoms with van der Waals surface area (Å²) in [6.07, 6.45) is 5.67. The van der Waals surface area contributed by atoms with Crippen molar-refractivity contribution in [2.24, 2.45) is 5.92 Å². The fraction of sp³-hybridized carbons (Fsp3) is 0.310. The Balaban J connectivity index is 2.34. The highest BCUT2D eigenvalue weighted by atomic mass is 32.2. The molecular formula is C29H35FN2O4S. The van der Waals surface area contributed by atoms with Crippen molar-refractivity contribution in [1.29, 1.82) is 0 Å². The third-order valence-corrected chi connectivity index (χ3v) is 7.16. The minimum atomic E-state index is -3.61. The van der Waals surface area contributed by atoms with E-state index < -0.39 is 16.3 Å². The average molecular weight is 527 g/mol. The molecule has 0 radical (unpaired) electrons. The van der Waals surface area contributed by atoms with Gasteiger partial charge < -0.3 is 9.84 Å². The van der Waals surface area contributed by atoms with Crippen LogP contribution in [0, 0.1) is 11.7 Å². The number of rotatable bonds is 10. The number of aliphatic hydroxyl groups is 1. The molecule has 198 valence electrons. The van der Waals surface area contributed by atoms with Gasteiger partial charge in [0.25, 0.3) is 0 Å². The van der Waals surface area contributed by atoms with E-state index in [0.29, 0.717) is 33.7 Å². The van der Waals surface area contributed by atoms with Crippen molar-refractivity contribution < 1.29 is 22.7 Å². The Morgan fingerprint density at radius 1 is 1.16 bits per heavy atom. The lowest BCUT2D eigenvalue weighted by Crippen LogP contribution is -2.32. The number of hydrogen-bond acceptors (Lipinski definition) is 5. The third-order valence-electron chi connectivity index (χ3n) is 6.02. The van der Waals surface area contributed by atoms with E-state index in [9.17, 15) is 17.9 Å². The molecule has 2 aromatic rings. The van der Waals surface area contributed by atoms with Crippen LogP contribution in [0.4, 0.5) is 4.39 Å². The van der Waals surface area contributed by atoms with Crippen molar-refractivity contribution in [3.63, 3.8) is 0 Å². The molecule has 1 aliphatic rings. The molecule has 1 heterocycles. The van der Waals surface area contributed by atoms with E-state index in [1.165, 1.54) is 22.7 Å². The van der Waals surface area contributed by atoms with Gasteiger partial charge in [0.15, 0.2) is 0 Å². The molecule has 0 aromatic heterocycles. The summed E-state index contributed by atoms with van der Waals surface area (Å²) in [6, 6.07) is 15.5. The quantitative estimate of drug-likeness (QED) is 0.339. The lowest BCUT2D eigenvalue weighted by Gasteiger charge is -2.29. The summed E-state index contributed by atoms with van der Waals surface area (Å²) in [4.78, 5) is 0. The Labute approximate surface area is 219 Å². The van der Waals surface area contributed by atoms with Crippen LogP contribution in [0.2, 0.25) is 0 Å². The maximum atomic E-state index is 13.6. The Hall–Kier alpha value is -3.20. The molecule has 2 aromatic carbocycles. The SMILES string of the molecule is CC=CCN(C(=C(C=C1COC(c2ccc(F)cc2)=C1C(O)NC)c1ccccc1)C(C)C)S(C)(=O)=O. The van der Waals surface area contributed by atoms with Gasteiger partial charge in [-0.3, -0.25) is 9.62 Å². The largest absolute Gasteiger partial charge is 0.488 e. The molecule has 0 saturated carbocycles. The van der Waals surface area contributed by atoms with E-state index in [0.717, 1.165) is 5.56 Å². The number of sulfonamides is 1. The number of nitrogens with zero attached hydrogens (tertiary/aromatic N) is 1. The lowest BCUT2D eigenvalue weighted by atomic mass is 9.93. The maximum Gasteiger partial charge on any atom is 0.232 e. The molecule has 6 nitrogen and oxygen atoms in total. The van der Waals surface area contributed by atoms with E-state index >= 15 is 0 Å². The zero-order valence-corrected chi connectivity index (χ0v) is 22.7. The summed E-state index contributed by atoms with van der Waals surface area (Å²) in [5, 5.41) is 13.8. The van der Waals surface area contributed by atoms with Gasteiger partial charge in [-0.05, 0) is 55.8 Å². The van der Waals surface area contributed by atoms with Crippen molar-refractivity contribution in [1.82, 2.24) is 9.62 Å². The van der Waals surface area contributed by atoms with Gasteiger partial charge in [0.2, 0.25) is 10.0 Å². The number of aliphatic hydroxyl groups excluding tert-OH is 1. The molecule has 0 spiro atoms. The Morgan fingerprint density at radius 3 is 2.35 bits per heavy atom. The zero-order valence-electron chi connectivity index (χ0n) is 21.9. The van der Waals surface area contributed by atoms with Gasteiger partial charge in [-0.1, -0.05) is 56.3 Å². The number of ether oxygens (including phenoxy) is 1. The van der Waals surface area contributed by atoms with E-state index in [2.05, 4.69) is 5.32 Å². The van der Waals surface area contributed by atoms with Gasteiger partial charge in [-0.15, -0.1) is 0 Å². The molecule has 1 unspecified atom stereocenters. The molecule has 1 atom stereocenters. The number of likely N-dealkylation sites (N-methyl/N-ethyl adjacent to an activating group) is 1. The van der Waals surface area contributed by atoms with Crippen molar-refractivity contribution in [2.45, 2.75) is 27.0 Å². The smallest absolute Gasteiger partial charge is 0.232 e. The van der Waals surface area contributed by atoms with Crippen molar-refractivity contribution >= 4 is 21.4 Å². The zero-order chi connectivity index (χ0) is 27.2. The summed E-state index contributed by atoms with van der Waals surface area (Å²) >= 11 is 0. The van der Waals surface area contributed by atoms with Crippen LogP contribution in [0.15, 0.2) is 89.7 Å². The number of allylic oxidation sites excluding steroid dienone is 4. The molecule has 0 aliphatic carbocycles. The highest BCUT2D eigenvalue weighted by Gasteiger charge is 2.30. The third kappa shape index (κ3) is 6.77. The number of nitrogens with one attached hydrogen (secondary N) is 1. The number of halogens is 1. The first-order valence-electron chi connectivity index (χ1n) is 12.2. The lowest BCUT2D eigenvalue weighted by molar-refractivity contribution is 0.186. The van der Waals surface area contributed by atoms with E-state index in [-0.39, 0.29) is 24.9 Å². The second kappa shape index (κ2) is 12.4. The van der Waals surface area contributed by atoms with Gasteiger partial charge in [0, 0.05) is 28.0 Å². The molecule has 0 bridgehead atoms. The van der Waals surface area contributed by atoms with Crippen LogP contribution in [0.3, 0.4) is 0 Å². The first-order chi connectivity index (χ1) is 17.6. The first kappa shape index (κ1) is 28.4. The monoisotopic (exact) mass is 526 g/mol. The summed E-state index contributed by atoms with van der Waals surface area (Å²) in [7, 11) is -1.98. The molecule has 0 amide bonds.